The van der Waals surface area contributed by atoms with Gasteiger partial charge in [0.1, 0.15) is 0 Å². The Kier molecular flexibility index (Phi) is 5.29. The van der Waals surface area contributed by atoms with Gasteiger partial charge in [-0.25, -0.2) is 0 Å². The van der Waals surface area contributed by atoms with E-state index in [9.17, 15) is 4.79 Å². The number of hydrogen-bond acceptors (Lipinski definition) is 2. The number of allylic oxidation sites excluding steroid dienone is 1. The van der Waals surface area contributed by atoms with E-state index < -0.39 is 0 Å². The minimum Gasteiger partial charge on any atom is -0.372 e. The summed E-state index contributed by atoms with van der Waals surface area (Å²) in [5.41, 5.74) is 3.01. The molecule has 2 nitrogen and oxygen atoms in total. The van der Waals surface area contributed by atoms with Crippen molar-refractivity contribution in [2.24, 2.45) is 0 Å². The molecule has 23 heavy (non-hydrogen) atoms. The second-order valence-electron chi connectivity index (χ2n) is 5.82. The maximum Gasteiger partial charge on any atom is 0.186 e. The second-order valence-corrected chi connectivity index (χ2v) is 6.67. The molecule has 0 amide bonds. The van der Waals surface area contributed by atoms with Crippen molar-refractivity contribution < 1.29 is 4.79 Å². The van der Waals surface area contributed by atoms with E-state index in [1.54, 1.807) is 6.08 Å². The van der Waals surface area contributed by atoms with Gasteiger partial charge in [0.15, 0.2) is 5.78 Å². The SMILES string of the molecule is O=C(/C=C/c1ccc(N2CCCCC2)cc1)c1ccccc1Br. The summed E-state index contributed by atoms with van der Waals surface area (Å²) in [7, 11) is 0. The summed E-state index contributed by atoms with van der Waals surface area (Å²) in [5.74, 6) is 0.0117. The van der Waals surface area contributed by atoms with Gasteiger partial charge in [0, 0.05) is 28.8 Å². The van der Waals surface area contributed by atoms with E-state index in [1.165, 1.54) is 24.9 Å². The third kappa shape index (κ3) is 4.11. The summed E-state index contributed by atoms with van der Waals surface area (Å²) < 4.78 is 0.829. The van der Waals surface area contributed by atoms with Crippen molar-refractivity contribution in [3.05, 3.63) is 70.2 Å². The Labute approximate surface area is 146 Å². The van der Waals surface area contributed by atoms with Crippen LogP contribution in [0.25, 0.3) is 6.08 Å². The number of rotatable bonds is 4. The van der Waals surface area contributed by atoms with E-state index in [2.05, 4.69) is 45.1 Å². The molecule has 0 aliphatic carbocycles. The summed E-state index contributed by atoms with van der Waals surface area (Å²) in [6.45, 7) is 2.30. The zero-order valence-electron chi connectivity index (χ0n) is 13.0. The highest BCUT2D eigenvalue weighted by Gasteiger charge is 2.10. The van der Waals surface area contributed by atoms with E-state index in [-0.39, 0.29) is 5.78 Å². The van der Waals surface area contributed by atoms with Gasteiger partial charge in [-0.2, -0.15) is 0 Å². The van der Waals surface area contributed by atoms with E-state index >= 15 is 0 Å². The first-order valence-corrected chi connectivity index (χ1v) is 8.85. The van der Waals surface area contributed by atoms with Crippen LogP contribution in [0.1, 0.15) is 35.2 Å². The number of carbonyl (C=O) groups excluding carboxylic acids is 1. The van der Waals surface area contributed by atoms with Crippen molar-refractivity contribution in [3.63, 3.8) is 0 Å². The number of hydrogen-bond donors (Lipinski definition) is 0. The average molecular weight is 370 g/mol. The smallest absolute Gasteiger partial charge is 0.186 e. The lowest BCUT2D eigenvalue weighted by Crippen LogP contribution is -2.29. The molecule has 2 aromatic carbocycles. The van der Waals surface area contributed by atoms with E-state index in [4.69, 9.17) is 0 Å². The molecule has 1 aliphatic rings. The number of piperidine rings is 1. The van der Waals surface area contributed by atoms with Crippen LogP contribution in [0.15, 0.2) is 59.1 Å². The normalized spacial score (nSPS) is 15.1. The number of benzene rings is 2. The van der Waals surface area contributed by atoms with Crippen LogP contribution >= 0.6 is 15.9 Å². The van der Waals surface area contributed by atoms with Crippen molar-refractivity contribution in [1.82, 2.24) is 0 Å². The van der Waals surface area contributed by atoms with Gasteiger partial charge in [-0.15, -0.1) is 0 Å². The minimum atomic E-state index is 0.0117. The fourth-order valence-electron chi connectivity index (χ4n) is 2.87. The summed E-state index contributed by atoms with van der Waals surface area (Å²) in [5, 5.41) is 0. The van der Waals surface area contributed by atoms with Gasteiger partial charge < -0.3 is 4.90 Å². The molecule has 0 aromatic heterocycles. The highest BCUT2D eigenvalue weighted by molar-refractivity contribution is 9.10. The molecule has 0 atom stereocenters. The molecule has 1 aliphatic heterocycles. The highest BCUT2D eigenvalue weighted by Crippen LogP contribution is 2.21. The van der Waals surface area contributed by atoms with Crippen LogP contribution in [0, 0.1) is 0 Å². The van der Waals surface area contributed by atoms with Crippen LogP contribution in [0.4, 0.5) is 5.69 Å². The average Bonchev–Trinajstić information content (AvgIpc) is 2.61. The Morgan fingerprint density at radius 1 is 0.957 bits per heavy atom. The van der Waals surface area contributed by atoms with Crippen molar-refractivity contribution in [2.45, 2.75) is 19.3 Å². The zero-order chi connectivity index (χ0) is 16.1. The van der Waals surface area contributed by atoms with Gasteiger partial charge in [0.2, 0.25) is 0 Å². The van der Waals surface area contributed by atoms with Crippen LogP contribution in [-0.2, 0) is 0 Å². The summed E-state index contributed by atoms with van der Waals surface area (Å²) >= 11 is 3.42. The molecule has 3 heteroatoms. The molecule has 118 valence electrons. The minimum absolute atomic E-state index is 0.0117. The molecule has 0 N–H and O–H groups in total. The van der Waals surface area contributed by atoms with Crippen LogP contribution < -0.4 is 4.90 Å². The first-order chi connectivity index (χ1) is 11.2. The van der Waals surface area contributed by atoms with Crippen LogP contribution in [0.2, 0.25) is 0 Å². The molecule has 1 fully saturated rings. The van der Waals surface area contributed by atoms with Crippen molar-refractivity contribution in [1.29, 1.82) is 0 Å². The van der Waals surface area contributed by atoms with Crippen LogP contribution in [-0.4, -0.2) is 18.9 Å². The number of nitrogens with zero attached hydrogens (tertiary/aromatic N) is 1. The van der Waals surface area contributed by atoms with Gasteiger partial charge in [-0.1, -0.05) is 46.3 Å². The topological polar surface area (TPSA) is 20.3 Å². The molecular weight excluding hydrogens is 350 g/mol. The summed E-state index contributed by atoms with van der Waals surface area (Å²) in [6, 6.07) is 15.9. The quantitative estimate of drug-likeness (QED) is 0.535. The van der Waals surface area contributed by atoms with E-state index in [0.29, 0.717) is 5.56 Å². The Bertz CT molecular complexity index is 700. The maximum atomic E-state index is 12.2. The van der Waals surface area contributed by atoms with E-state index in [1.807, 2.05) is 30.3 Å². The molecule has 0 saturated carbocycles. The van der Waals surface area contributed by atoms with Gasteiger partial charge in [0.05, 0.1) is 0 Å². The van der Waals surface area contributed by atoms with Gasteiger partial charge in [-0.3, -0.25) is 4.79 Å². The second kappa shape index (κ2) is 7.60. The van der Waals surface area contributed by atoms with Gasteiger partial charge in [0.25, 0.3) is 0 Å². The van der Waals surface area contributed by atoms with Gasteiger partial charge >= 0.3 is 0 Å². The molecule has 0 unspecified atom stereocenters. The Morgan fingerprint density at radius 2 is 1.65 bits per heavy atom. The third-order valence-corrected chi connectivity index (χ3v) is 4.87. The number of anilines is 1. The predicted octanol–water partition coefficient (Wildman–Crippen LogP) is 5.34. The molecule has 1 saturated heterocycles. The lowest BCUT2D eigenvalue weighted by molar-refractivity contribution is 0.104. The first-order valence-electron chi connectivity index (χ1n) is 8.06. The molecule has 2 aromatic rings. The van der Waals surface area contributed by atoms with Gasteiger partial charge in [-0.05, 0) is 55.2 Å². The standard InChI is InChI=1S/C20H20BrNO/c21-19-7-3-2-6-18(19)20(23)13-10-16-8-11-17(12-9-16)22-14-4-1-5-15-22/h2-3,6-13H,1,4-5,14-15H2/b13-10+. The maximum absolute atomic E-state index is 12.2. The molecular formula is C20H20BrNO. The van der Waals surface area contributed by atoms with Crippen molar-refractivity contribution >= 4 is 33.5 Å². The monoisotopic (exact) mass is 369 g/mol. The Morgan fingerprint density at radius 3 is 2.35 bits per heavy atom. The number of ketones is 1. The highest BCUT2D eigenvalue weighted by atomic mass is 79.9. The zero-order valence-corrected chi connectivity index (χ0v) is 14.6. The van der Waals surface area contributed by atoms with Crippen LogP contribution in [0.5, 0.6) is 0 Å². The first kappa shape index (κ1) is 16.0. The lowest BCUT2D eigenvalue weighted by atomic mass is 10.1. The molecule has 1 heterocycles. The number of carbonyl (C=O) groups is 1. The Hall–Kier alpha value is -1.87. The molecule has 0 spiro atoms. The molecule has 0 radical (unpaired) electrons. The molecule has 0 bridgehead atoms. The number of halogens is 1. The van der Waals surface area contributed by atoms with Crippen molar-refractivity contribution in [2.75, 3.05) is 18.0 Å². The molecule has 3 rings (SSSR count). The summed E-state index contributed by atoms with van der Waals surface area (Å²) in [4.78, 5) is 14.7. The predicted molar refractivity (Wildman–Crippen MR) is 100 cm³/mol. The van der Waals surface area contributed by atoms with Crippen LogP contribution in [0.3, 0.4) is 0 Å². The summed E-state index contributed by atoms with van der Waals surface area (Å²) in [6.07, 6.45) is 7.41. The van der Waals surface area contributed by atoms with E-state index in [0.717, 1.165) is 23.1 Å². The fourth-order valence-corrected chi connectivity index (χ4v) is 3.35. The largest absolute Gasteiger partial charge is 0.372 e. The van der Waals surface area contributed by atoms with Crippen molar-refractivity contribution in [3.8, 4) is 0 Å². The lowest BCUT2D eigenvalue weighted by Gasteiger charge is -2.28. The third-order valence-electron chi connectivity index (χ3n) is 4.18. The fraction of sp³-hybridized carbons (Fsp3) is 0.250. The Balaban J connectivity index is 1.68.